The Balaban J connectivity index is 2.17. The number of nitrogens with two attached hydrogens (primary N) is 1. The second-order valence-corrected chi connectivity index (χ2v) is 9.05. The summed E-state index contributed by atoms with van der Waals surface area (Å²) in [5.74, 6) is -0.850. The fraction of sp³-hybridized carbons (Fsp3) is 0.577. The molecule has 2 N–H and O–H groups in total. The molecule has 1 aliphatic carbocycles. The van der Waals surface area contributed by atoms with Crippen LogP contribution >= 0.6 is 0 Å². The Morgan fingerprint density at radius 2 is 1.79 bits per heavy atom. The molecule has 1 amide bonds. The SMILES string of the molecule is CCCCCc1c(-c2cccc(OC(F)(F)F)c2)c(C(N)=O)c(C)n1C1CCCCCCC1. The molecule has 1 heterocycles. The molecular weight excluding hydrogens is 429 g/mol. The zero-order valence-corrected chi connectivity index (χ0v) is 19.6. The number of aromatic nitrogens is 1. The lowest BCUT2D eigenvalue weighted by molar-refractivity contribution is -0.274. The van der Waals surface area contributed by atoms with E-state index in [1.807, 2.05) is 6.92 Å². The van der Waals surface area contributed by atoms with Gasteiger partial charge >= 0.3 is 6.36 Å². The van der Waals surface area contributed by atoms with Gasteiger partial charge in [-0.1, -0.05) is 64.0 Å². The molecule has 0 saturated heterocycles. The van der Waals surface area contributed by atoms with Crippen molar-refractivity contribution >= 4 is 5.91 Å². The number of amides is 1. The largest absolute Gasteiger partial charge is 0.573 e. The van der Waals surface area contributed by atoms with Gasteiger partial charge in [0.2, 0.25) is 0 Å². The van der Waals surface area contributed by atoms with Gasteiger partial charge in [-0.15, -0.1) is 13.2 Å². The minimum atomic E-state index is -4.78. The van der Waals surface area contributed by atoms with E-state index in [-0.39, 0.29) is 11.8 Å². The Labute approximate surface area is 194 Å². The van der Waals surface area contributed by atoms with Crippen molar-refractivity contribution in [3.05, 3.63) is 41.2 Å². The Morgan fingerprint density at radius 1 is 1.12 bits per heavy atom. The molecule has 0 bridgehead atoms. The Hall–Kier alpha value is -2.44. The first-order valence-corrected chi connectivity index (χ1v) is 12.1. The van der Waals surface area contributed by atoms with E-state index in [1.54, 1.807) is 6.07 Å². The summed E-state index contributed by atoms with van der Waals surface area (Å²) in [7, 11) is 0. The van der Waals surface area contributed by atoms with Gasteiger partial charge in [0.25, 0.3) is 5.91 Å². The molecular formula is C26H35F3N2O2. The minimum absolute atomic E-state index is 0.267. The zero-order chi connectivity index (χ0) is 24.0. The van der Waals surface area contributed by atoms with E-state index >= 15 is 0 Å². The molecule has 0 unspecified atom stereocenters. The average Bonchev–Trinajstić information content (AvgIpc) is 2.99. The molecule has 4 nitrogen and oxygen atoms in total. The van der Waals surface area contributed by atoms with Gasteiger partial charge < -0.3 is 15.0 Å². The average molecular weight is 465 g/mol. The first-order chi connectivity index (χ1) is 15.7. The predicted molar refractivity (Wildman–Crippen MR) is 124 cm³/mol. The van der Waals surface area contributed by atoms with Crippen LogP contribution in [0.15, 0.2) is 24.3 Å². The maximum atomic E-state index is 12.9. The van der Waals surface area contributed by atoms with Gasteiger partial charge in [0, 0.05) is 23.0 Å². The number of nitrogens with zero attached hydrogens (tertiary/aromatic N) is 1. The fourth-order valence-electron chi connectivity index (χ4n) is 5.20. The summed E-state index contributed by atoms with van der Waals surface area (Å²) in [5, 5.41) is 0. The summed E-state index contributed by atoms with van der Waals surface area (Å²) in [6, 6.07) is 6.16. The number of ether oxygens (including phenoxy) is 1. The molecule has 3 rings (SSSR count). The van der Waals surface area contributed by atoms with Crippen LogP contribution in [0, 0.1) is 6.92 Å². The first-order valence-electron chi connectivity index (χ1n) is 12.1. The molecule has 0 radical (unpaired) electrons. The Morgan fingerprint density at radius 3 is 2.39 bits per heavy atom. The molecule has 0 atom stereocenters. The highest BCUT2D eigenvalue weighted by atomic mass is 19.4. The Kier molecular flexibility index (Phi) is 8.49. The number of unbranched alkanes of at least 4 members (excludes halogenated alkanes) is 2. The van der Waals surface area contributed by atoms with Crippen LogP contribution in [-0.2, 0) is 6.42 Å². The third-order valence-corrected chi connectivity index (χ3v) is 6.61. The molecule has 33 heavy (non-hydrogen) atoms. The van der Waals surface area contributed by atoms with Gasteiger partial charge in [-0.05, 0) is 50.3 Å². The summed E-state index contributed by atoms with van der Waals surface area (Å²) in [6.45, 7) is 4.05. The molecule has 1 saturated carbocycles. The third-order valence-electron chi connectivity index (χ3n) is 6.61. The lowest BCUT2D eigenvalue weighted by Gasteiger charge is -2.26. The molecule has 0 aliphatic heterocycles. The number of hydrogen-bond donors (Lipinski definition) is 1. The summed E-state index contributed by atoms with van der Waals surface area (Å²) >= 11 is 0. The monoisotopic (exact) mass is 464 g/mol. The van der Waals surface area contributed by atoms with Crippen LogP contribution in [0.25, 0.3) is 11.1 Å². The molecule has 182 valence electrons. The van der Waals surface area contributed by atoms with Gasteiger partial charge in [-0.25, -0.2) is 0 Å². The van der Waals surface area contributed by atoms with Crippen LogP contribution in [0.1, 0.15) is 98.9 Å². The maximum absolute atomic E-state index is 12.9. The van der Waals surface area contributed by atoms with Crippen LogP contribution in [-0.4, -0.2) is 16.8 Å². The molecule has 1 aliphatic rings. The summed E-state index contributed by atoms with van der Waals surface area (Å²) in [6.07, 6.45) is 6.99. The number of alkyl halides is 3. The first kappa shape index (κ1) is 25.2. The quantitative estimate of drug-likeness (QED) is 0.412. The van der Waals surface area contributed by atoms with Crippen molar-refractivity contribution in [1.29, 1.82) is 0 Å². The predicted octanol–water partition coefficient (Wildman–Crippen LogP) is 7.48. The van der Waals surface area contributed by atoms with E-state index in [2.05, 4.69) is 16.2 Å². The molecule has 0 spiro atoms. The van der Waals surface area contributed by atoms with Crippen molar-refractivity contribution < 1.29 is 22.7 Å². The highest BCUT2D eigenvalue weighted by Gasteiger charge is 2.32. The normalized spacial score (nSPS) is 15.8. The van der Waals surface area contributed by atoms with Gasteiger partial charge in [0.05, 0.1) is 5.56 Å². The van der Waals surface area contributed by atoms with E-state index in [0.717, 1.165) is 62.8 Å². The number of carbonyl (C=O) groups is 1. The number of hydrogen-bond acceptors (Lipinski definition) is 2. The number of benzene rings is 1. The summed E-state index contributed by atoms with van der Waals surface area (Å²) < 4.78 is 45.0. The molecule has 1 fully saturated rings. The van der Waals surface area contributed by atoms with Crippen molar-refractivity contribution in [2.75, 3.05) is 0 Å². The molecule has 1 aromatic heterocycles. The highest BCUT2D eigenvalue weighted by Crippen LogP contribution is 2.40. The van der Waals surface area contributed by atoms with E-state index in [0.29, 0.717) is 16.7 Å². The van der Waals surface area contributed by atoms with Gasteiger partial charge in [-0.3, -0.25) is 4.79 Å². The van der Waals surface area contributed by atoms with Crippen molar-refractivity contribution in [3.8, 4) is 16.9 Å². The molecule has 1 aromatic carbocycles. The zero-order valence-electron chi connectivity index (χ0n) is 19.6. The van der Waals surface area contributed by atoms with Crippen molar-refractivity contribution in [2.24, 2.45) is 5.73 Å². The topological polar surface area (TPSA) is 57.2 Å². The van der Waals surface area contributed by atoms with E-state index in [4.69, 9.17) is 5.73 Å². The molecule has 2 aromatic rings. The lowest BCUT2D eigenvalue weighted by atomic mass is 9.95. The van der Waals surface area contributed by atoms with Crippen LogP contribution in [0.2, 0.25) is 0 Å². The third kappa shape index (κ3) is 6.33. The molecule has 7 heteroatoms. The van der Waals surface area contributed by atoms with E-state index in [9.17, 15) is 18.0 Å². The van der Waals surface area contributed by atoms with E-state index in [1.165, 1.54) is 37.5 Å². The fourth-order valence-corrected chi connectivity index (χ4v) is 5.20. The number of rotatable bonds is 8. The van der Waals surface area contributed by atoms with Crippen LogP contribution in [0.4, 0.5) is 13.2 Å². The van der Waals surface area contributed by atoms with E-state index < -0.39 is 12.3 Å². The maximum Gasteiger partial charge on any atom is 0.573 e. The van der Waals surface area contributed by atoms with Crippen molar-refractivity contribution in [3.63, 3.8) is 0 Å². The summed E-state index contributed by atoms with van der Waals surface area (Å²) in [4.78, 5) is 12.6. The minimum Gasteiger partial charge on any atom is -0.406 e. The van der Waals surface area contributed by atoms with Crippen molar-refractivity contribution in [1.82, 2.24) is 4.57 Å². The second kappa shape index (κ2) is 11.1. The van der Waals surface area contributed by atoms with Gasteiger partial charge in [0.15, 0.2) is 0 Å². The standard InChI is InChI=1S/C26H35F3N2O2/c1-3-4-8-16-22-24(19-12-11-15-21(17-19)33-26(27,28)29)23(25(30)32)18(2)31(22)20-13-9-6-5-7-10-14-20/h11-12,15,17,20H,3-10,13-14,16H2,1-2H3,(H2,30,32). The number of carbonyl (C=O) groups excluding carboxylic acids is 1. The highest BCUT2D eigenvalue weighted by molar-refractivity contribution is 6.02. The second-order valence-electron chi connectivity index (χ2n) is 9.05. The lowest BCUT2D eigenvalue weighted by Crippen LogP contribution is -2.17. The van der Waals surface area contributed by atoms with Crippen LogP contribution in [0.5, 0.6) is 5.75 Å². The van der Waals surface area contributed by atoms with Crippen LogP contribution < -0.4 is 10.5 Å². The van der Waals surface area contributed by atoms with Crippen LogP contribution in [0.3, 0.4) is 0 Å². The van der Waals surface area contributed by atoms with Gasteiger partial charge in [0.1, 0.15) is 5.75 Å². The smallest absolute Gasteiger partial charge is 0.406 e. The number of primary amides is 1. The van der Waals surface area contributed by atoms with Gasteiger partial charge in [-0.2, -0.15) is 0 Å². The Bertz CT molecular complexity index is 942. The van der Waals surface area contributed by atoms with Crippen molar-refractivity contribution in [2.45, 2.75) is 96.9 Å². The summed E-state index contributed by atoms with van der Waals surface area (Å²) in [5.41, 5.74) is 9.27. The number of halogens is 3.